The first-order valence-electron chi connectivity index (χ1n) is 4.47. The summed E-state index contributed by atoms with van der Waals surface area (Å²) >= 11 is 5.76. The molecule has 0 bridgehead atoms. The largest absolute Gasteiger partial charge is 0.373 e. The Bertz CT molecular complexity index is 415. The second kappa shape index (κ2) is 3.84. The van der Waals surface area contributed by atoms with E-state index >= 15 is 0 Å². The van der Waals surface area contributed by atoms with Crippen molar-refractivity contribution in [2.24, 2.45) is 0 Å². The molecule has 14 heavy (non-hydrogen) atoms. The molecular formula is C11H11ClN2. The number of nitrogens with one attached hydrogen (secondary N) is 1. The minimum Gasteiger partial charge on any atom is -0.373 e. The Balaban J connectivity index is 2.60. The number of pyridine rings is 1. The molecular weight excluding hydrogens is 196 g/mol. The minimum absolute atomic E-state index is 0.529. The Morgan fingerprint density at radius 2 is 2.07 bits per heavy atom. The fourth-order valence-electron chi connectivity index (χ4n) is 1.39. The standard InChI is InChI=1S/C11H11ClN2/c1-13-11-5-4-9-3-2-8(7-12)6-10(9)14-11/h2-6H,7H2,1H3,(H,13,14). The van der Waals surface area contributed by atoms with Gasteiger partial charge in [-0.05, 0) is 23.8 Å². The Labute approximate surface area is 87.9 Å². The summed E-state index contributed by atoms with van der Waals surface area (Å²) in [5, 5.41) is 4.15. The van der Waals surface area contributed by atoms with Crippen LogP contribution in [-0.2, 0) is 5.88 Å². The third-order valence-corrected chi connectivity index (χ3v) is 2.48. The number of halogens is 1. The van der Waals surface area contributed by atoms with Crippen LogP contribution < -0.4 is 5.32 Å². The van der Waals surface area contributed by atoms with Crippen LogP contribution in [0.5, 0.6) is 0 Å². The van der Waals surface area contributed by atoms with Gasteiger partial charge in [0.25, 0.3) is 0 Å². The lowest BCUT2D eigenvalue weighted by molar-refractivity contribution is 1.33. The average Bonchev–Trinajstić information content (AvgIpc) is 2.27. The molecule has 3 heteroatoms. The number of nitrogens with zero attached hydrogens (tertiary/aromatic N) is 1. The van der Waals surface area contributed by atoms with E-state index in [-0.39, 0.29) is 0 Å². The van der Waals surface area contributed by atoms with Gasteiger partial charge in [0.2, 0.25) is 0 Å². The highest BCUT2D eigenvalue weighted by Crippen LogP contribution is 2.17. The van der Waals surface area contributed by atoms with Crippen LogP contribution >= 0.6 is 11.6 Å². The Morgan fingerprint density at radius 3 is 2.79 bits per heavy atom. The van der Waals surface area contributed by atoms with E-state index in [1.54, 1.807) is 0 Å². The lowest BCUT2D eigenvalue weighted by atomic mass is 10.1. The molecule has 2 aromatic rings. The summed E-state index contributed by atoms with van der Waals surface area (Å²) in [5.74, 6) is 1.41. The van der Waals surface area contributed by atoms with Gasteiger partial charge in [-0.1, -0.05) is 12.1 Å². The summed E-state index contributed by atoms with van der Waals surface area (Å²) in [7, 11) is 1.86. The molecule has 1 heterocycles. The zero-order chi connectivity index (χ0) is 9.97. The third kappa shape index (κ3) is 1.66. The van der Waals surface area contributed by atoms with Crippen molar-refractivity contribution in [2.75, 3.05) is 12.4 Å². The van der Waals surface area contributed by atoms with Crippen LogP contribution in [0.2, 0.25) is 0 Å². The van der Waals surface area contributed by atoms with Gasteiger partial charge in [0.15, 0.2) is 0 Å². The zero-order valence-corrected chi connectivity index (χ0v) is 8.67. The molecule has 0 aliphatic rings. The quantitative estimate of drug-likeness (QED) is 0.765. The van der Waals surface area contributed by atoms with Crippen molar-refractivity contribution in [2.45, 2.75) is 5.88 Å². The summed E-state index contributed by atoms with van der Waals surface area (Å²) in [6.45, 7) is 0. The number of rotatable bonds is 2. The Morgan fingerprint density at radius 1 is 1.29 bits per heavy atom. The monoisotopic (exact) mass is 206 g/mol. The van der Waals surface area contributed by atoms with E-state index in [2.05, 4.69) is 10.3 Å². The second-order valence-corrected chi connectivity index (χ2v) is 3.37. The van der Waals surface area contributed by atoms with Gasteiger partial charge >= 0.3 is 0 Å². The normalized spacial score (nSPS) is 10.4. The number of anilines is 1. The van der Waals surface area contributed by atoms with Crippen molar-refractivity contribution in [3.05, 3.63) is 35.9 Å². The van der Waals surface area contributed by atoms with E-state index in [4.69, 9.17) is 11.6 Å². The lowest BCUT2D eigenvalue weighted by Gasteiger charge is -2.03. The fourth-order valence-corrected chi connectivity index (χ4v) is 1.55. The molecule has 0 spiro atoms. The van der Waals surface area contributed by atoms with Gasteiger partial charge < -0.3 is 5.32 Å². The Hall–Kier alpha value is -1.28. The van der Waals surface area contributed by atoms with Gasteiger partial charge in [-0.2, -0.15) is 0 Å². The number of aromatic nitrogens is 1. The molecule has 72 valence electrons. The molecule has 2 nitrogen and oxygen atoms in total. The second-order valence-electron chi connectivity index (χ2n) is 3.11. The van der Waals surface area contributed by atoms with Crippen LogP contribution in [0.1, 0.15) is 5.56 Å². The molecule has 0 amide bonds. The summed E-state index contributed by atoms with van der Waals surface area (Å²) < 4.78 is 0. The highest BCUT2D eigenvalue weighted by molar-refractivity contribution is 6.17. The van der Waals surface area contributed by atoms with Crippen molar-refractivity contribution in [3.63, 3.8) is 0 Å². The molecule has 0 aliphatic carbocycles. The summed E-state index contributed by atoms with van der Waals surface area (Å²) in [6.07, 6.45) is 0. The maximum absolute atomic E-state index is 5.76. The predicted molar refractivity (Wildman–Crippen MR) is 60.8 cm³/mol. The molecule has 1 aromatic heterocycles. The number of hydrogen-bond acceptors (Lipinski definition) is 2. The van der Waals surface area contributed by atoms with Crippen LogP contribution in [-0.4, -0.2) is 12.0 Å². The van der Waals surface area contributed by atoms with Gasteiger partial charge in [0.05, 0.1) is 5.52 Å². The third-order valence-electron chi connectivity index (χ3n) is 2.17. The van der Waals surface area contributed by atoms with Crippen LogP contribution in [0.25, 0.3) is 10.9 Å². The highest BCUT2D eigenvalue weighted by Gasteiger charge is 1.98. The SMILES string of the molecule is CNc1ccc2ccc(CCl)cc2n1. The lowest BCUT2D eigenvalue weighted by Crippen LogP contribution is -1.92. The van der Waals surface area contributed by atoms with Gasteiger partial charge in [-0.15, -0.1) is 11.6 Å². The Kier molecular flexibility index (Phi) is 2.55. The predicted octanol–water partition coefficient (Wildman–Crippen LogP) is 3.02. The number of benzene rings is 1. The summed E-state index contributed by atoms with van der Waals surface area (Å²) in [4.78, 5) is 4.43. The number of hydrogen-bond donors (Lipinski definition) is 1. The van der Waals surface area contributed by atoms with E-state index in [0.29, 0.717) is 5.88 Å². The van der Waals surface area contributed by atoms with Crippen molar-refractivity contribution in [3.8, 4) is 0 Å². The molecule has 1 N–H and O–H groups in total. The van der Waals surface area contributed by atoms with Crippen LogP contribution in [0.3, 0.4) is 0 Å². The van der Waals surface area contributed by atoms with Crippen molar-refractivity contribution in [1.29, 1.82) is 0 Å². The average molecular weight is 207 g/mol. The summed E-state index contributed by atoms with van der Waals surface area (Å²) in [6, 6.07) is 10.1. The van der Waals surface area contributed by atoms with E-state index in [0.717, 1.165) is 22.3 Å². The van der Waals surface area contributed by atoms with Gasteiger partial charge in [0, 0.05) is 18.3 Å². The number of fused-ring (bicyclic) bond motifs is 1. The topological polar surface area (TPSA) is 24.9 Å². The van der Waals surface area contributed by atoms with Crippen LogP contribution in [0, 0.1) is 0 Å². The van der Waals surface area contributed by atoms with Crippen molar-refractivity contribution >= 4 is 28.3 Å². The molecule has 1 aromatic carbocycles. The summed E-state index contributed by atoms with van der Waals surface area (Å²) in [5.41, 5.74) is 2.08. The molecule has 0 atom stereocenters. The minimum atomic E-state index is 0.529. The first-order chi connectivity index (χ1) is 6.83. The van der Waals surface area contributed by atoms with E-state index < -0.39 is 0 Å². The molecule has 0 aliphatic heterocycles. The van der Waals surface area contributed by atoms with E-state index in [1.807, 2.05) is 37.4 Å². The fraction of sp³-hybridized carbons (Fsp3) is 0.182. The van der Waals surface area contributed by atoms with Gasteiger partial charge in [-0.3, -0.25) is 0 Å². The first-order valence-corrected chi connectivity index (χ1v) is 5.00. The molecule has 0 saturated heterocycles. The zero-order valence-electron chi connectivity index (χ0n) is 7.92. The highest BCUT2D eigenvalue weighted by atomic mass is 35.5. The van der Waals surface area contributed by atoms with Gasteiger partial charge in [-0.25, -0.2) is 4.98 Å². The maximum atomic E-state index is 5.76. The van der Waals surface area contributed by atoms with Gasteiger partial charge in [0.1, 0.15) is 5.82 Å². The molecule has 0 saturated carbocycles. The molecule has 2 rings (SSSR count). The smallest absolute Gasteiger partial charge is 0.126 e. The molecule has 0 fully saturated rings. The maximum Gasteiger partial charge on any atom is 0.126 e. The molecule has 0 unspecified atom stereocenters. The van der Waals surface area contributed by atoms with E-state index in [1.165, 1.54) is 0 Å². The van der Waals surface area contributed by atoms with Crippen molar-refractivity contribution < 1.29 is 0 Å². The van der Waals surface area contributed by atoms with Crippen LogP contribution in [0.15, 0.2) is 30.3 Å². The number of alkyl halides is 1. The van der Waals surface area contributed by atoms with Crippen LogP contribution in [0.4, 0.5) is 5.82 Å². The first kappa shape index (κ1) is 9.28. The van der Waals surface area contributed by atoms with Crippen molar-refractivity contribution in [1.82, 2.24) is 4.98 Å². The molecule has 0 radical (unpaired) electrons. The van der Waals surface area contributed by atoms with E-state index in [9.17, 15) is 0 Å².